The Kier molecular flexibility index (Phi) is 7.01. The molecule has 1 amide bonds. The molecule has 0 saturated heterocycles. The molecule has 1 aromatic rings. The molecule has 0 unspecified atom stereocenters. The highest BCUT2D eigenvalue weighted by atomic mass is 35.5. The van der Waals surface area contributed by atoms with Crippen molar-refractivity contribution in [2.24, 2.45) is 5.73 Å². The summed E-state index contributed by atoms with van der Waals surface area (Å²) in [4.78, 5) is 12.0. The summed E-state index contributed by atoms with van der Waals surface area (Å²) in [6, 6.07) is 4.14. The first-order chi connectivity index (χ1) is 8.41. The number of nitrogens with two attached hydrogens (primary N) is 1. The lowest BCUT2D eigenvalue weighted by Crippen LogP contribution is -2.49. The van der Waals surface area contributed by atoms with Crippen LogP contribution in [0, 0.1) is 12.7 Å². The molecule has 0 heterocycles. The summed E-state index contributed by atoms with van der Waals surface area (Å²) in [5, 5.41) is 2.82. The van der Waals surface area contributed by atoms with Gasteiger partial charge in [-0.15, -0.1) is 12.4 Å². The van der Waals surface area contributed by atoms with Crippen molar-refractivity contribution in [2.75, 3.05) is 6.54 Å². The highest BCUT2D eigenvalue weighted by molar-refractivity contribution is 5.95. The molecule has 108 valence electrons. The van der Waals surface area contributed by atoms with Gasteiger partial charge in [0.2, 0.25) is 0 Å². The maximum atomic E-state index is 12.9. The van der Waals surface area contributed by atoms with E-state index in [4.69, 9.17) is 5.73 Å². The minimum absolute atomic E-state index is 0. The number of rotatable bonds is 5. The van der Waals surface area contributed by atoms with Crippen molar-refractivity contribution in [2.45, 2.75) is 39.2 Å². The largest absolute Gasteiger partial charge is 0.350 e. The van der Waals surface area contributed by atoms with E-state index in [0.717, 1.165) is 12.8 Å². The lowest BCUT2D eigenvalue weighted by molar-refractivity contribution is 0.0941. The number of halogens is 2. The van der Waals surface area contributed by atoms with E-state index in [1.807, 2.05) is 13.8 Å². The third-order valence-corrected chi connectivity index (χ3v) is 3.44. The first-order valence-corrected chi connectivity index (χ1v) is 6.25. The summed E-state index contributed by atoms with van der Waals surface area (Å²) < 4.78 is 12.9. The summed E-state index contributed by atoms with van der Waals surface area (Å²) in [7, 11) is 0. The van der Waals surface area contributed by atoms with Gasteiger partial charge in [-0.3, -0.25) is 4.79 Å². The highest BCUT2D eigenvalue weighted by Crippen LogP contribution is 2.12. The fraction of sp³-hybridized carbons (Fsp3) is 0.500. The van der Waals surface area contributed by atoms with Gasteiger partial charge in [0.1, 0.15) is 5.82 Å². The molecule has 0 fully saturated rings. The molecular formula is C14H22ClFN2O. The highest BCUT2D eigenvalue weighted by Gasteiger charge is 2.21. The van der Waals surface area contributed by atoms with Gasteiger partial charge in [-0.2, -0.15) is 0 Å². The van der Waals surface area contributed by atoms with Gasteiger partial charge in [0, 0.05) is 17.6 Å². The van der Waals surface area contributed by atoms with E-state index in [1.54, 1.807) is 6.92 Å². The SMILES string of the molecule is CCC(N)(CC)CNC(=O)c1ccc(F)cc1C.Cl. The van der Waals surface area contributed by atoms with Crippen LogP contribution >= 0.6 is 12.4 Å². The van der Waals surface area contributed by atoms with Crippen LogP contribution in [0.2, 0.25) is 0 Å². The average Bonchev–Trinajstić information content (AvgIpc) is 2.35. The Balaban J connectivity index is 0.00000324. The number of aryl methyl sites for hydroxylation is 1. The Morgan fingerprint density at radius 1 is 1.37 bits per heavy atom. The molecule has 1 aromatic carbocycles. The van der Waals surface area contributed by atoms with Crippen molar-refractivity contribution >= 4 is 18.3 Å². The lowest BCUT2D eigenvalue weighted by Gasteiger charge is -2.26. The fourth-order valence-corrected chi connectivity index (χ4v) is 1.73. The molecule has 0 aliphatic rings. The van der Waals surface area contributed by atoms with Gasteiger partial charge in [0.05, 0.1) is 0 Å². The van der Waals surface area contributed by atoms with Crippen molar-refractivity contribution < 1.29 is 9.18 Å². The van der Waals surface area contributed by atoms with Crippen LogP contribution in [-0.2, 0) is 0 Å². The monoisotopic (exact) mass is 288 g/mol. The minimum atomic E-state index is -0.371. The molecule has 3 nitrogen and oxygen atoms in total. The maximum absolute atomic E-state index is 12.9. The Morgan fingerprint density at radius 3 is 2.42 bits per heavy atom. The molecule has 1 rings (SSSR count). The number of carbonyl (C=O) groups is 1. The van der Waals surface area contributed by atoms with Gasteiger partial charge in [-0.1, -0.05) is 13.8 Å². The van der Waals surface area contributed by atoms with E-state index in [0.29, 0.717) is 17.7 Å². The van der Waals surface area contributed by atoms with Gasteiger partial charge in [-0.25, -0.2) is 4.39 Å². The molecule has 0 atom stereocenters. The second-order valence-corrected chi connectivity index (χ2v) is 4.71. The summed E-state index contributed by atoms with van der Waals surface area (Å²) in [6.07, 6.45) is 1.60. The normalized spacial score (nSPS) is 10.8. The van der Waals surface area contributed by atoms with E-state index in [1.165, 1.54) is 18.2 Å². The molecule has 0 bridgehead atoms. The topological polar surface area (TPSA) is 55.1 Å². The van der Waals surface area contributed by atoms with E-state index in [-0.39, 0.29) is 29.7 Å². The van der Waals surface area contributed by atoms with Crippen molar-refractivity contribution in [3.8, 4) is 0 Å². The summed E-state index contributed by atoms with van der Waals surface area (Å²) in [6.45, 7) is 6.14. The molecule has 3 N–H and O–H groups in total. The van der Waals surface area contributed by atoms with Crippen molar-refractivity contribution in [1.29, 1.82) is 0 Å². The first-order valence-electron chi connectivity index (χ1n) is 6.25. The minimum Gasteiger partial charge on any atom is -0.350 e. The third kappa shape index (κ3) is 4.80. The van der Waals surface area contributed by atoms with Crippen molar-refractivity contribution in [3.05, 3.63) is 35.1 Å². The Bertz CT molecular complexity index is 433. The molecule has 0 aliphatic heterocycles. The molecule has 19 heavy (non-hydrogen) atoms. The predicted molar refractivity (Wildman–Crippen MR) is 78.2 cm³/mol. The summed E-state index contributed by atoms with van der Waals surface area (Å²) >= 11 is 0. The number of hydrogen-bond acceptors (Lipinski definition) is 2. The van der Waals surface area contributed by atoms with Gasteiger partial charge >= 0.3 is 0 Å². The summed E-state index contributed by atoms with van der Waals surface area (Å²) in [5.41, 5.74) is 6.86. The zero-order valence-corrected chi connectivity index (χ0v) is 12.4. The van der Waals surface area contributed by atoms with Crippen LogP contribution < -0.4 is 11.1 Å². The van der Waals surface area contributed by atoms with Gasteiger partial charge in [0.15, 0.2) is 0 Å². The van der Waals surface area contributed by atoms with Crippen molar-refractivity contribution in [3.63, 3.8) is 0 Å². The van der Waals surface area contributed by atoms with Gasteiger partial charge in [-0.05, 0) is 43.5 Å². The molecule has 0 aromatic heterocycles. The average molecular weight is 289 g/mol. The van der Waals surface area contributed by atoms with Crippen LogP contribution in [0.15, 0.2) is 18.2 Å². The molecule has 5 heteroatoms. The van der Waals surface area contributed by atoms with E-state index in [9.17, 15) is 9.18 Å². The second-order valence-electron chi connectivity index (χ2n) is 4.71. The van der Waals surface area contributed by atoms with Crippen molar-refractivity contribution in [1.82, 2.24) is 5.32 Å². The van der Waals surface area contributed by atoms with E-state index < -0.39 is 0 Å². The Hall–Kier alpha value is -1.13. The van der Waals surface area contributed by atoms with E-state index >= 15 is 0 Å². The van der Waals surface area contributed by atoms with Crippen LogP contribution in [0.4, 0.5) is 4.39 Å². The number of nitrogens with one attached hydrogen (secondary N) is 1. The predicted octanol–water partition coefficient (Wildman–Crippen LogP) is 2.80. The van der Waals surface area contributed by atoms with Crippen LogP contribution in [0.25, 0.3) is 0 Å². The van der Waals surface area contributed by atoms with Gasteiger partial charge < -0.3 is 11.1 Å². The molecule has 0 saturated carbocycles. The third-order valence-electron chi connectivity index (χ3n) is 3.44. The maximum Gasteiger partial charge on any atom is 0.251 e. The van der Waals surface area contributed by atoms with Crippen LogP contribution in [-0.4, -0.2) is 18.0 Å². The molecule has 0 aliphatic carbocycles. The zero-order chi connectivity index (χ0) is 13.8. The van der Waals surface area contributed by atoms with Crippen LogP contribution in [0.1, 0.15) is 42.6 Å². The number of carbonyl (C=O) groups excluding carboxylic acids is 1. The second kappa shape index (κ2) is 7.46. The number of benzene rings is 1. The van der Waals surface area contributed by atoms with Crippen LogP contribution in [0.3, 0.4) is 0 Å². The number of hydrogen-bond donors (Lipinski definition) is 2. The molecular weight excluding hydrogens is 267 g/mol. The molecule has 0 radical (unpaired) electrons. The van der Waals surface area contributed by atoms with E-state index in [2.05, 4.69) is 5.32 Å². The first kappa shape index (κ1) is 17.9. The Morgan fingerprint density at radius 2 is 1.95 bits per heavy atom. The fourth-order valence-electron chi connectivity index (χ4n) is 1.73. The Labute approximate surface area is 120 Å². The standard InChI is InChI=1S/C14H21FN2O.ClH/c1-4-14(16,5-2)9-17-13(18)12-7-6-11(15)8-10(12)3;/h6-8H,4-5,9,16H2,1-3H3,(H,17,18);1H. The smallest absolute Gasteiger partial charge is 0.251 e. The van der Waals surface area contributed by atoms with Gasteiger partial charge in [0.25, 0.3) is 5.91 Å². The lowest BCUT2D eigenvalue weighted by atomic mass is 9.94. The number of amides is 1. The van der Waals surface area contributed by atoms with Crippen LogP contribution in [0.5, 0.6) is 0 Å². The quantitative estimate of drug-likeness (QED) is 0.875. The molecule has 0 spiro atoms. The zero-order valence-electron chi connectivity index (χ0n) is 11.6. The summed E-state index contributed by atoms with van der Waals surface area (Å²) in [5.74, 6) is -0.538.